The van der Waals surface area contributed by atoms with E-state index in [0.717, 1.165) is 58.9 Å². The van der Waals surface area contributed by atoms with Gasteiger partial charge in [0.25, 0.3) is 0 Å². The molecule has 29 heavy (non-hydrogen) atoms. The van der Waals surface area contributed by atoms with Crippen LogP contribution in [0.3, 0.4) is 0 Å². The van der Waals surface area contributed by atoms with Crippen LogP contribution in [0.4, 0.5) is 0 Å². The molecule has 2 heterocycles. The van der Waals surface area contributed by atoms with E-state index in [-0.39, 0.29) is 6.10 Å². The first-order valence-electron chi connectivity index (χ1n) is 9.67. The summed E-state index contributed by atoms with van der Waals surface area (Å²) in [5, 5.41) is 4.18. The number of H-pyrrole nitrogens is 1. The van der Waals surface area contributed by atoms with Gasteiger partial charge in [0.2, 0.25) is 0 Å². The van der Waals surface area contributed by atoms with Gasteiger partial charge in [-0.3, -0.25) is 0 Å². The van der Waals surface area contributed by atoms with Crippen LogP contribution in [0.25, 0.3) is 28.1 Å². The molecule has 0 bridgehead atoms. The first-order valence-corrected chi connectivity index (χ1v) is 9.67. The van der Waals surface area contributed by atoms with Crippen LogP contribution in [-0.2, 0) is 0 Å². The van der Waals surface area contributed by atoms with E-state index in [1.807, 2.05) is 36.4 Å². The molecule has 7 heteroatoms. The molecule has 4 aromatic rings. The standard InChI is InChI=1S/C22H21N5O2/c1-28-20-10-7-15(11-21(20)29-17-5-3-2-4-6-17)22-25-18-9-8-16(12-19(18)26-22)27-14-23-13-24-27/h3,5,7-14,17H,2,4,6H2,1H3,(H,25,26). The van der Waals surface area contributed by atoms with Crippen LogP contribution < -0.4 is 9.47 Å². The Kier molecular flexibility index (Phi) is 4.48. The lowest BCUT2D eigenvalue weighted by Gasteiger charge is -2.20. The van der Waals surface area contributed by atoms with Crippen LogP contribution in [0.2, 0.25) is 0 Å². The average molecular weight is 387 g/mol. The summed E-state index contributed by atoms with van der Waals surface area (Å²) < 4.78 is 13.4. The summed E-state index contributed by atoms with van der Waals surface area (Å²) in [6.07, 6.45) is 10.8. The Morgan fingerprint density at radius 1 is 1.14 bits per heavy atom. The van der Waals surface area contributed by atoms with Crippen molar-refractivity contribution in [3.63, 3.8) is 0 Å². The minimum absolute atomic E-state index is 0.0776. The highest BCUT2D eigenvalue weighted by Gasteiger charge is 2.15. The zero-order valence-electron chi connectivity index (χ0n) is 16.1. The smallest absolute Gasteiger partial charge is 0.162 e. The first kappa shape index (κ1) is 17.5. The summed E-state index contributed by atoms with van der Waals surface area (Å²) >= 11 is 0. The van der Waals surface area contributed by atoms with E-state index in [4.69, 9.17) is 14.5 Å². The molecule has 0 fully saturated rings. The number of fused-ring (bicyclic) bond motifs is 1. The lowest BCUT2D eigenvalue weighted by molar-refractivity contribution is 0.219. The molecule has 1 aliphatic carbocycles. The molecule has 0 saturated heterocycles. The van der Waals surface area contributed by atoms with Gasteiger partial charge >= 0.3 is 0 Å². The van der Waals surface area contributed by atoms with E-state index in [2.05, 4.69) is 27.2 Å². The molecule has 2 aromatic carbocycles. The van der Waals surface area contributed by atoms with Gasteiger partial charge < -0.3 is 14.5 Å². The Morgan fingerprint density at radius 3 is 2.90 bits per heavy atom. The monoisotopic (exact) mass is 387 g/mol. The van der Waals surface area contributed by atoms with E-state index in [1.54, 1.807) is 18.1 Å². The molecular formula is C22H21N5O2. The predicted molar refractivity (Wildman–Crippen MR) is 110 cm³/mol. The van der Waals surface area contributed by atoms with Crippen LogP contribution >= 0.6 is 0 Å². The van der Waals surface area contributed by atoms with Gasteiger partial charge in [-0.2, -0.15) is 5.10 Å². The van der Waals surface area contributed by atoms with Crippen LogP contribution in [0.5, 0.6) is 11.5 Å². The van der Waals surface area contributed by atoms with Gasteiger partial charge in [-0.15, -0.1) is 0 Å². The summed E-state index contributed by atoms with van der Waals surface area (Å²) in [6.45, 7) is 0. The molecule has 0 saturated carbocycles. The number of hydrogen-bond acceptors (Lipinski definition) is 5. The fourth-order valence-corrected chi connectivity index (χ4v) is 3.57. The first-order chi connectivity index (χ1) is 14.3. The summed E-state index contributed by atoms with van der Waals surface area (Å²) in [6, 6.07) is 11.9. The van der Waals surface area contributed by atoms with Gasteiger partial charge in [-0.05, 0) is 61.7 Å². The summed E-state index contributed by atoms with van der Waals surface area (Å²) in [5.41, 5.74) is 3.67. The highest BCUT2D eigenvalue weighted by Crippen LogP contribution is 2.34. The second-order valence-corrected chi connectivity index (χ2v) is 7.01. The number of imidazole rings is 1. The molecule has 2 aromatic heterocycles. The lowest BCUT2D eigenvalue weighted by atomic mass is 10.1. The van der Waals surface area contributed by atoms with Crippen molar-refractivity contribution in [1.82, 2.24) is 24.7 Å². The Balaban J connectivity index is 1.49. The molecule has 0 spiro atoms. The van der Waals surface area contributed by atoms with Gasteiger partial charge in [0.1, 0.15) is 24.6 Å². The highest BCUT2D eigenvalue weighted by molar-refractivity contribution is 5.81. The molecule has 0 amide bonds. The van der Waals surface area contributed by atoms with Crippen LogP contribution in [0.1, 0.15) is 19.3 Å². The number of hydrogen-bond donors (Lipinski definition) is 1. The molecule has 0 aliphatic heterocycles. The number of nitrogens with zero attached hydrogens (tertiary/aromatic N) is 4. The number of ether oxygens (including phenoxy) is 2. The van der Waals surface area contributed by atoms with Crippen molar-refractivity contribution in [2.24, 2.45) is 0 Å². The Bertz CT molecular complexity index is 1160. The summed E-state index contributed by atoms with van der Waals surface area (Å²) in [4.78, 5) is 12.2. The third kappa shape index (κ3) is 3.47. The third-order valence-electron chi connectivity index (χ3n) is 5.08. The second kappa shape index (κ2) is 7.43. The third-order valence-corrected chi connectivity index (χ3v) is 5.08. The van der Waals surface area contributed by atoms with Gasteiger partial charge in [0.15, 0.2) is 11.5 Å². The number of allylic oxidation sites excluding steroid dienone is 1. The van der Waals surface area contributed by atoms with E-state index in [9.17, 15) is 0 Å². The number of aromatic nitrogens is 5. The molecule has 7 nitrogen and oxygen atoms in total. The van der Waals surface area contributed by atoms with Crippen molar-refractivity contribution < 1.29 is 9.47 Å². The fraction of sp³-hybridized carbons (Fsp3) is 0.227. The van der Waals surface area contributed by atoms with E-state index in [0.29, 0.717) is 0 Å². The van der Waals surface area contributed by atoms with Gasteiger partial charge in [0, 0.05) is 5.56 Å². The summed E-state index contributed by atoms with van der Waals surface area (Å²) in [7, 11) is 1.66. The Labute approximate surface area is 168 Å². The van der Waals surface area contributed by atoms with E-state index in [1.165, 1.54) is 6.33 Å². The zero-order valence-corrected chi connectivity index (χ0v) is 16.1. The predicted octanol–water partition coefficient (Wildman–Crippen LogP) is 4.31. The van der Waals surface area contributed by atoms with Crippen LogP contribution in [0, 0.1) is 0 Å². The van der Waals surface area contributed by atoms with Crippen LogP contribution in [-0.4, -0.2) is 37.9 Å². The minimum atomic E-state index is 0.0776. The molecule has 1 atom stereocenters. The number of benzene rings is 2. The molecule has 0 radical (unpaired) electrons. The maximum atomic E-state index is 6.21. The summed E-state index contributed by atoms with van der Waals surface area (Å²) in [5.74, 6) is 2.23. The number of rotatable bonds is 5. The average Bonchev–Trinajstić information content (AvgIpc) is 3.44. The number of nitrogens with one attached hydrogen (secondary N) is 1. The fourth-order valence-electron chi connectivity index (χ4n) is 3.57. The van der Waals surface area contributed by atoms with Gasteiger partial charge in [-0.1, -0.05) is 6.08 Å². The topological polar surface area (TPSA) is 77.9 Å². The van der Waals surface area contributed by atoms with E-state index >= 15 is 0 Å². The van der Waals surface area contributed by atoms with Crippen molar-refractivity contribution in [2.75, 3.05) is 7.11 Å². The van der Waals surface area contributed by atoms with Crippen molar-refractivity contribution in [3.05, 3.63) is 61.2 Å². The number of aromatic amines is 1. The maximum absolute atomic E-state index is 6.21. The molecule has 1 N–H and O–H groups in total. The Morgan fingerprint density at radius 2 is 2.10 bits per heavy atom. The molecule has 146 valence electrons. The molecule has 1 aliphatic rings. The molecule has 5 rings (SSSR count). The Hall–Kier alpha value is -3.61. The normalized spacial score (nSPS) is 16.2. The quantitative estimate of drug-likeness (QED) is 0.517. The van der Waals surface area contributed by atoms with Crippen molar-refractivity contribution in [1.29, 1.82) is 0 Å². The van der Waals surface area contributed by atoms with Gasteiger partial charge in [0.05, 0.1) is 23.8 Å². The minimum Gasteiger partial charge on any atom is -0.493 e. The van der Waals surface area contributed by atoms with Crippen molar-refractivity contribution in [3.8, 4) is 28.6 Å². The SMILES string of the molecule is COc1ccc(-c2nc3cc(-n4cncn4)ccc3[nH]2)cc1OC1C=CCCC1. The van der Waals surface area contributed by atoms with Gasteiger partial charge in [-0.25, -0.2) is 14.6 Å². The maximum Gasteiger partial charge on any atom is 0.162 e. The van der Waals surface area contributed by atoms with Crippen molar-refractivity contribution in [2.45, 2.75) is 25.4 Å². The molecule has 1 unspecified atom stereocenters. The van der Waals surface area contributed by atoms with E-state index < -0.39 is 0 Å². The lowest BCUT2D eigenvalue weighted by Crippen LogP contribution is -2.16. The van der Waals surface area contributed by atoms with Crippen LogP contribution in [0.15, 0.2) is 61.2 Å². The number of methoxy groups -OCH3 is 1. The van der Waals surface area contributed by atoms with Crippen molar-refractivity contribution >= 4 is 11.0 Å². The largest absolute Gasteiger partial charge is 0.493 e. The highest BCUT2D eigenvalue weighted by atomic mass is 16.5. The molecular weight excluding hydrogens is 366 g/mol. The zero-order chi connectivity index (χ0) is 19.6. The second-order valence-electron chi connectivity index (χ2n) is 7.01.